The Bertz CT molecular complexity index is 820. The van der Waals surface area contributed by atoms with Gasteiger partial charge >= 0.3 is 0 Å². The molecule has 7 heteroatoms. The number of nitrogens with zero attached hydrogens (tertiary/aromatic N) is 2. The number of thiophene rings is 1. The molecular weight excluding hydrogens is 338 g/mol. The van der Waals surface area contributed by atoms with E-state index >= 15 is 0 Å². The summed E-state index contributed by atoms with van der Waals surface area (Å²) in [6.07, 6.45) is 4.72. The molecule has 0 saturated heterocycles. The van der Waals surface area contributed by atoms with Gasteiger partial charge in [0.1, 0.15) is 5.76 Å². The summed E-state index contributed by atoms with van der Waals surface area (Å²) in [6, 6.07) is 9.24. The zero-order valence-corrected chi connectivity index (χ0v) is 14.4. The molecule has 0 bridgehead atoms. The van der Waals surface area contributed by atoms with Crippen molar-refractivity contribution < 1.29 is 14.3 Å². The molecule has 0 aliphatic heterocycles. The maximum absolute atomic E-state index is 12.6. The van der Waals surface area contributed by atoms with Crippen molar-refractivity contribution in [3.8, 4) is 0 Å². The Morgan fingerprint density at radius 3 is 2.96 bits per heavy atom. The lowest BCUT2D eigenvalue weighted by Gasteiger charge is -2.37. The minimum absolute atomic E-state index is 0.0874. The van der Waals surface area contributed by atoms with Crippen LogP contribution >= 0.6 is 11.3 Å². The van der Waals surface area contributed by atoms with E-state index in [1.165, 1.54) is 0 Å². The fourth-order valence-electron chi connectivity index (χ4n) is 3.14. The topological polar surface area (TPSA) is 80.3 Å². The number of aromatic nitrogens is 2. The van der Waals surface area contributed by atoms with Crippen molar-refractivity contribution in [1.29, 1.82) is 0 Å². The lowest BCUT2D eigenvalue weighted by molar-refractivity contribution is 0.0238. The van der Waals surface area contributed by atoms with Gasteiger partial charge in [-0.05, 0) is 48.4 Å². The molecule has 1 atom stereocenters. The molecule has 1 fully saturated rings. The number of hydrogen-bond donors (Lipinski definition) is 2. The average molecular weight is 357 g/mol. The normalized spacial score (nSPS) is 20.8. The van der Waals surface area contributed by atoms with Gasteiger partial charge in [-0.15, -0.1) is 11.3 Å². The summed E-state index contributed by atoms with van der Waals surface area (Å²) in [7, 11) is 0. The van der Waals surface area contributed by atoms with E-state index in [4.69, 9.17) is 4.42 Å². The predicted molar refractivity (Wildman–Crippen MR) is 93.3 cm³/mol. The van der Waals surface area contributed by atoms with Gasteiger partial charge in [0.25, 0.3) is 5.91 Å². The molecule has 3 heterocycles. The summed E-state index contributed by atoms with van der Waals surface area (Å²) in [6.45, 7) is 0.490. The van der Waals surface area contributed by atoms with Crippen LogP contribution in [0.4, 0.5) is 0 Å². The highest BCUT2D eigenvalue weighted by atomic mass is 32.1. The molecule has 4 rings (SSSR count). The third-order valence-corrected chi connectivity index (χ3v) is 5.48. The van der Waals surface area contributed by atoms with Gasteiger partial charge in [-0.3, -0.25) is 9.48 Å². The molecule has 130 valence electrons. The fraction of sp³-hybridized carbons (Fsp3) is 0.333. The number of amides is 1. The van der Waals surface area contributed by atoms with Crippen LogP contribution in [0, 0.1) is 5.92 Å². The molecule has 25 heavy (non-hydrogen) atoms. The van der Waals surface area contributed by atoms with Gasteiger partial charge in [0, 0.05) is 17.3 Å². The number of nitrogens with one attached hydrogen (secondary N) is 1. The highest BCUT2D eigenvalue weighted by Crippen LogP contribution is 2.39. The van der Waals surface area contributed by atoms with Crippen LogP contribution < -0.4 is 5.32 Å². The molecule has 0 aromatic carbocycles. The number of aliphatic hydroxyl groups excluding tert-OH is 1. The van der Waals surface area contributed by atoms with Crippen LogP contribution in [0.25, 0.3) is 0 Å². The van der Waals surface area contributed by atoms with Crippen molar-refractivity contribution in [3.05, 3.63) is 64.5 Å². The first kappa shape index (κ1) is 16.1. The molecule has 3 aromatic heterocycles. The quantitative estimate of drug-likeness (QED) is 0.711. The standard InChI is InChI=1S/C18H19N3O3S/c22-13-9-12(10-13)17(16-3-1-8-25-16)20-18(23)15-5-4-14(24-15)11-21-7-2-6-19-21/h1-8,12-13,17,22H,9-11H2,(H,20,23)/t12?,13?,17-/m1/s1. The molecule has 1 aliphatic carbocycles. The number of rotatable bonds is 6. The molecule has 1 amide bonds. The van der Waals surface area contributed by atoms with E-state index in [0.717, 1.165) is 4.88 Å². The van der Waals surface area contributed by atoms with Crippen molar-refractivity contribution in [2.75, 3.05) is 0 Å². The Morgan fingerprint density at radius 1 is 1.40 bits per heavy atom. The molecule has 2 N–H and O–H groups in total. The Balaban J connectivity index is 1.45. The lowest BCUT2D eigenvalue weighted by atomic mass is 9.76. The first-order chi connectivity index (χ1) is 12.2. The second-order valence-electron chi connectivity index (χ2n) is 6.32. The maximum atomic E-state index is 12.6. The second kappa shape index (κ2) is 6.85. The van der Waals surface area contributed by atoms with Crippen molar-refractivity contribution in [1.82, 2.24) is 15.1 Å². The summed E-state index contributed by atoms with van der Waals surface area (Å²) < 4.78 is 7.41. The van der Waals surface area contributed by atoms with Crippen LogP contribution in [0.1, 0.15) is 40.1 Å². The van der Waals surface area contributed by atoms with E-state index in [2.05, 4.69) is 10.4 Å². The number of aliphatic hydroxyl groups is 1. The highest BCUT2D eigenvalue weighted by molar-refractivity contribution is 7.10. The van der Waals surface area contributed by atoms with Crippen LogP contribution in [0.3, 0.4) is 0 Å². The number of carbonyl (C=O) groups excluding carboxylic acids is 1. The van der Waals surface area contributed by atoms with Crippen LogP contribution in [-0.4, -0.2) is 26.9 Å². The molecular formula is C18H19N3O3S. The number of carbonyl (C=O) groups is 1. The average Bonchev–Trinajstić information content (AvgIpc) is 3.31. The van der Waals surface area contributed by atoms with Gasteiger partial charge in [0.05, 0.1) is 18.7 Å². The summed E-state index contributed by atoms with van der Waals surface area (Å²) in [5.41, 5.74) is 0. The van der Waals surface area contributed by atoms with Crippen LogP contribution in [0.5, 0.6) is 0 Å². The zero-order chi connectivity index (χ0) is 17.2. The molecule has 6 nitrogen and oxygen atoms in total. The van der Waals surface area contributed by atoms with Crippen molar-refractivity contribution in [3.63, 3.8) is 0 Å². The third-order valence-electron chi connectivity index (χ3n) is 4.52. The number of furan rings is 1. The SMILES string of the molecule is O=C(N[C@@H](c1cccs1)C1CC(O)C1)c1ccc(Cn2cccn2)o1. The van der Waals surface area contributed by atoms with Gasteiger partial charge in [-0.2, -0.15) is 5.10 Å². The van der Waals surface area contributed by atoms with Crippen LogP contribution in [0.15, 0.2) is 52.5 Å². The minimum atomic E-state index is -0.256. The summed E-state index contributed by atoms with van der Waals surface area (Å²) in [4.78, 5) is 13.7. The van der Waals surface area contributed by atoms with E-state index in [1.807, 2.05) is 29.8 Å². The smallest absolute Gasteiger partial charge is 0.287 e. The van der Waals surface area contributed by atoms with Gasteiger partial charge in [-0.25, -0.2) is 0 Å². The van der Waals surface area contributed by atoms with Gasteiger partial charge < -0.3 is 14.8 Å². The predicted octanol–water partition coefficient (Wildman–Crippen LogP) is 2.83. The Labute approximate surface area is 149 Å². The van der Waals surface area contributed by atoms with Crippen LogP contribution in [-0.2, 0) is 6.54 Å². The monoisotopic (exact) mass is 357 g/mol. The maximum Gasteiger partial charge on any atom is 0.287 e. The molecule has 3 aromatic rings. The van der Waals surface area contributed by atoms with Gasteiger partial charge in [0.2, 0.25) is 0 Å². The Hall–Kier alpha value is -2.38. The largest absolute Gasteiger partial charge is 0.454 e. The van der Waals surface area contributed by atoms with E-state index in [-0.39, 0.29) is 24.0 Å². The Kier molecular flexibility index (Phi) is 4.42. The minimum Gasteiger partial charge on any atom is -0.454 e. The molecule has 0 radical (unpaired) electrons. The Morgan fingerprint density at radius 2 is 2.28 bits per heavy atom. The molecule has 1 aliphatic rings. The van der Waals surface area contributed by atoms with E-state index in [9.17, 15) is 9.90 Å². The van der Waals surface area contributed by atoms with E-state index < -0.39 is 0 Å². The zero-order valence-electron chi connectivity index (χ0n) is 13.5. The van der Waals surface area contributed by atoms with Crippen molar-refractivity contribution >= 4 is 17.2 Å². The molecule has 1 saturated carbocycles. The first-order valence-corrected chi connectivity index (χ1v) is 9.15. The first-order valence-electron chi connectivity index (χ1n) is 8.27. The fourth-order valence-corrected chi connectivity index (χ4v) is 4.01. The number of hydrogen-bond acceptors (Lipinski definition) is 5. The molecule has 0 spiro atoms. The van der Waals surface area contributed by atoms with Gasteiger partial charge in [0.15, 0.2) is 5.76 Å². The second-order valence-corrected chi connectivity index (χ2v) is 7.30. The third kappa shape index (κ3) is 3.52. The van der Waals surface area contributed by atoms with Gasteiger partial charge in [-0.1, -0.05) is 6.07 Å². The molecule has 0 unspecified atom stereocenters. The summed E-state index contributed by atoms with van der Waals surface area (Å²) in [5, 5.41) is 18.8. The van der Waals surface area contributed by atoms with E-state index in [1.54, 1.807) is 34.3 Å². The van der Waals surface area contributed by atoms with E-state index in [0.29, 0.717) is 30.9 Å². The highest BCUT2D eigenvalue weighted by Gasteiger charge is 2.36. The van der Waals surface area contributed by atoms with Crippen molar-refractivity contribution in [2.45, 2.75) is 31.5 Å². The van der Waals surface area contributed by atoms with Crippen LogP contribution in [0.2, 0.25) is 0 Å². The summed E-state index contributed by atoms with van der Waals surface area (Å²) in [5.74, 6) is 1.01. The van der Waals surface area contributed by atoms with Crippen molar-refractivity contribution in [2.24, 2.45) is 5.92 Å². The summed E-state index contributed by atoms with van der Waals surface area (Å²) >= 11 is 1.62. The lowest BCUT2D eigenvalue weighted by Crippen LogP contribution is -2.41.